The molecule has 2 aromatic carbocycles. The van der Waals surface area contributed by atoms with Crippen LogP contribution in [0.5, 0.6) is 23.1 Å². The third-order valence-corrected chi connectivity index (χ3v) is 7.19. The van der Waals surface area contributed by atoms with E-state index in [-0.39, 0.29) is 17.4 Å². The number of thiazole rings is 1. The van der Waals surface area contributed by atoms with Gasteiger partial charge in [0, 0.05) is 30.9 Å². The number of hydrogen-bond donors (Lipinski definition) is 3. The van der Waals surface area contributed by atoms with Crippen LogP contribution < -0.4 is 19.1 Å². The lowest BCUT2D eigenvalue weighted by Crippen LogP contribution is -2.44. The van der Waals surface area contributed by atoms with Crippen LogP contribution in [0, 0.1) is 20.8 Å². The van der Waals surface area contributed by atoms with Crippen LogP contribution in [0.2, 0.25) is 0 Å². The van der Waals surface area contributed by atoms with Crippen LogP contribution in [0.3, 0.4) is 0 Å². The molecule has 0 saturated heterocycles. The van der Waals surface area contributed by atoms with E-state index in [0.717, 1.165) is 28.0 Å². The normalized spacial score (nSPS) is 19.1. The maximum Gasteiger partial charge on any atom is 0.308 e. The van der Waals surface area contributed by atoms with Gasteiger partial charge in [0.05, 0.1) is 11.0 Å². The summed E-state index contributed by atoms with van der Waals surface area (Å²) >= 11 is 0.986. The van der Waals surface area contributed by atoms with Gasteiger partial charge in [-0.3, -0.25) is 14.6 Å². The van der Waals surface area contributed by atoms with Crippen molar-refractivity contribution in [1.82, 2.24) is 4.98 Å². The number of carbonyl (C=O) groups excluding carboxylic acids is 1. The lowest BCUT2D eigenvalue weighted by Gasteiger charge is -2.40. The molecule has 8 nitrogen and oxygen atoms in total. The van der Waals surface area contributed by atoms with E-state index in [4.69, 9.17) is 14.2 Å². The summed E-state index contributed by atoms with van der Waals surface area (Å²) in [5.74, 6) is 1.20. The maximum atomic E-state index is 11.6. The summed E-state index contributed by atoms with van der Waals surface area (Å²) in [5.41, 5.74) is 3.09. The average molecular weight is 500 g/mol. The van der Waals surface area contributed by atoms with E-state index in [1.165, 1.54) is 6.92 Å². The second kappa shape index (κ2) is 9.39. The first-order chi connectivity index (χ1) is 16.5. The molecule has 4 rings (SSSR count). The zero-order valence-electron chi connectivity index (χ0n) is 20.4. The molecule has 1 aliphatic heterocycles. The van der Waals surface area contributed by atoms with Crippen molar-refractivity contribution in [3.63, 3.8) is 0 Å². The minimum atomic E-state index is -0.801. The highest BCUT2D eigenvalue weighted by Gasteiger charge is 2.40. The van der Waals surface area contributed by atoms with Crippen LogP contribution in [0.15, 0.2) is 29.1 Å². The first kappa shape index (κ1) is 24.8. The van der Waals surface area contributed by atoms with Gasteiger partial charge in [-0.05, 0) is 56.5 Å². The summed E-state index contributed by atoms with van der Waals surface area (Å²) in [5, 5.41) is 20.8. The number of aromatic nitrogens is 1. The first-order valence-electron chi connectivity index (χ1n) is 11.3. The summed E-state index contributed by atoms with van der Waals surface area (Å²) in [4.78, 5) is 25.6. The van der Waals surface area contributed by atoms with Gasteiger partial charge in [0.15, 0.2) is 0 Å². The number of rotatable bonds is 6. The van der Waals surface area contributed by atoms with E-state index in [1.54, 1.807) is 0 Å². The van der Waals surface area contributed by atoms with Gasteiger partial charge in [-0.15, -0.1) is 0 Å². The fourth-order valence-corrected chi connectivity index (χ4v) is 5.19. The van der Waals surface area contributed by atoms with Crippen molar-refractivity contribution >= 4 is 17.3 Å². The highest BCUT2D eigenvalue weighted by atomic mass is 32.1. The molecule has 0 fully saturated rings. The number of aromatic amines is 1. The number of nitrogens with one attached hydrogen (secondary N) is 1. The van der Waals surface area contributed by atoms with Crippen LogP contribution in [-0.2, 0) is 11.2 Å². The number of fused-ring (bicyclic) bond motifs is 1. The highest BCUT2D eigenvalue weighted by molar-refractivity contribution is 7.09. The Morgan fingerprint density at radius 2 is 1.89 bits per heavy atom. The van der Waals surface area contributed by atoms with Crippen LogP contribution in [0.25, 0.3) is 0 Å². The molecule has 35 heavy (non-hydrogen) atoms. The Hall–Kier alpha value is -3.30. The van der Waals surface area contributed by atoms with Crippen molar-refractivity contribution in [2.45, 2.75) is 59.2 Å². The summed E-state index contributed by atoms with van der Waals surface area (Å²) in [7, 11) is 0. The monoisotopic (exact) mass is 499 g/mol. The standard InChI is InChI=1S/C26H29NO7S/c1-13-14(2)23-21(15(3)22(13)33-16(4)28)19(29)11-26(5,34-23)12-32-18-8-6-17(7-9-18)10-20-24(30)27-25(31)35-20/h6-9,19,29-30H,10-12H2,1-5H3,(H,27,31). The number of esters is 1. The van der Waals surface area contributed by atoms with Gasteiger partial charge in [-0.1, -0.05) is 23.5 Å². The molecule has 1 aliphatic rings. The topological polar surface area (TPSA) is 118 Å². The molecule has 2 atom stereocenters. The highest BCUT2D eigenvalue weighted by Crippen LogP contribution is 2.48. The maximum absolute atomic E-state index is 11.6. The van der Waals surface area contributed by atoms with E-state index in [1.807, 2.05) is 52.0 Å². The second-order valence-corrected chi connectivity index (χ2v) is 10.3. The van der Waals surface area contributed by atoms with Gasteiger partial charge < -0.3 is 24.4 Å². The van der Waals surface area contributed by atoms with Crippen molar-refractivity contribution < 1.29 is 29.2 Å². The number of H-pyrrole nitrogens is 1. The van der Waals surface area contributed by atoms with Crippen LogP contribution in [-0.4, -0.2) is 33.4 Å². The van der Waals surface area contributed by atoms with Crippen molar-refractivity contribution in [1.29, 1.82) is 0 Å². The van der Waals surface area contributed by atoms with Crippen LogP contribution in [0.4, 0.5) is 0 Å². The SMILES string of the molecule is CC(=O)Oc1c(C)c(C)c2c(c1C)C(O)CC(C)(COc1ccc(Cc3sc(=O)[nH]c3O)cc1)O2. The molecule has 0 bridgehead atoms. The molecule has 0 spiro atoms. The Kier molecular flexibility index (Phi) is 6.66. The molecule has 9 heteroatoms. The molecular formula is C26H29NO7S. The molecule has 0 amide bonds. The van der Waals surface area contributed by atoms with Gasteiger partial charge in [0.1, 0.15) is 29.5 Å². The molecule has 3 N–H and O–H groups in total. The Morgan fingerprint density at radius 1 is 1.20 bits per heavy atom. The smallest absolute Gasteiger partial charge is 0.308 e. The zero-order valence-corrected chi connectivity index (χ0v) is 21.2. The predicted octanol–water partition coefficient (Wildman–Crippen LogP) is 4.24. The van der Waals surface area contributed by atoms with Crippen molar-refractivity contribution in [2.75, 3.05) is 6.61 Å². The number of carbonyl (C=O) groups is 1. The van der Waals surface area contributed by atoms with Crippen molar-refractivity contribution in [2.24, 2.45) is 0 Å². The van der Waals surface area contributed by atoms with Gasteiger partial charge in [-0.2, -0.15) is 0 Å². The minimum absolute atomic E-state index is 0.0951. The number of aromatic hydroxyl groups is 1. The third kappa shape index (κ3) is 5.06. The molecule has 0 saturated carbocycles. The molecule has 3 aromatic rings. The second-order valence-electron chi connectivity index (χ2n) is 9.21. The molecule has 2 unspecified atom stereocenters. The Bertz CT molecular complexity index is 1320. The average Bonchev–Trinajstić information content (AvgIpc) is 3.10. The molecule has 0 radical (unpaired) electrons. The van der Waals surface area contributed by atoms with E-state index >= 15 is 0 Å². The number of hydrogen-bond acceptors (Lipinski definition) is 8. The Balaban J connectivity index is 1.49. The predicted molar refractivity (Wildman–Crippen MR) is 132 cm³/mol. The molecular weight excluding hydrogens is 470 g/mol. The lowest BCUT2D eigenvalue weighted by atomic mass is 9.85. The Morgan fingerprint density at radius 3 is 2.49 bits per heavy atom. The van der Waals surface area contributed by atoms with E-state index < -0.39 is 17.7 Å². The fraction of sp³-hybridized carbons (Fsp3) is 0.385. The quantitative estimate of drug-likeness (QED) is 0.343. The summed E-state index contributed by atoms with van der Waals surface area (Å²) in [6.07, 6.45) is -0.0521. The van der Waals surface area contributed by atoms with E-state index in [0.29, 0.717) is 46.1 Å². The van der Waals surface area contributed by atoms with Gasteiger partial charge in [-0.25, -0.2) is 0 Å². The van der Waals surface area contributed by atoms with E-state index in [9.17, 15) is 19.8 Å². The number of aliphatic hydroxyl groups excluding tert-OH is 1. The van der Waals surface area contributed by atoms with Gasteiger partial charge in [0.25, 0.3) is 0 Å². The Labute approximate surface area is 207 Å². The van der Waals surface area contributed by atoms with Gasteiger partial charge in [0.2, 0.25) is 5.88 Å². The zero-order chi connectivity index (χ0) is 25.5. The molecule has 0 aliphatic carbocycles. The minimum Gasteiger partial charge on any atom is -0.494 e. The number of ether oxygens (including phenoxy) is 3. The first-order valence-corrected chi connectivity index (χ1v) is 12.1. The lowest BCUT2D eigenvalue weighted by molar-refractivity contribution is -0.132. The molecule has 186 valence electrons. The molecule has 1 aromatic heterocycles. The summed E-state index contributed by atoms with van der Waals surface area (Å²) < 4.78 is 17.8. The largest absolute Gasteiger partial charge is 0.494 e. The summed E-state index contributed by atoms with van der Waals surface area (Å²) in [6.45, 7) is 9.04. The molecule has 2 heterocycles. The van der Waals surface area contributed by atoms with Crippen LogP contribution in [0.1, 0.15) is 59.1 Å². The van der Waals surface area contributed by atoms with Crippen LogP contribution >= 0.6 is 11.3 Å². The third-order valence-electron chi connectivity index (χ3n) is 6.32. The fourth-order valence-electron chi connectivity index (χ4n) is 4.43. The summed E-state index contributed by atoms with van der Waals surface area (Å²) in [6, 6.07) is 7.40. The van der Waals surface area contributed by atoms with Crippen molar-refractivity contribution in [3.05, 3.63) is 66.6 Å². The van der Waals surface area contributed by atoms with Crippen molar-refractivity contribution in [3.8, 4) is 23.1 Å². The van der Waals surface area contributed by atoms with Gasteiger partial charge >= 0.3 is 10.8 Å². The van der Waals surface area contributed by atoms with E-state index in [2.05, 4.69) is 4.98 Å². The number of aliphatic hydroxyl groups is 1. The number of benzene rings is 2.